The Morgan fingerprint density at radius 3 is 2.54 bits per heavy atom. The van der Waals surface area contributed by atoms with E-state index in [2.05, 4.69) is 5.32 Å². The molecule has 0 saturated heterocycles. The fourth-order valence-electron chi connectivity index (χ4n) is 5.19. The SMILES string of the molecule is CC(C)[C@@H](C(=O)NC1N=C(c2ccccc2)c2cc(Cl)ccc2N(C)C1=O)[C@@H](O)COC1CCCCC1. The Kier molecular flexibility index (Phi) is 9.00. The van der Waals surface area contributed by atoms with Gasteiger partial charge in [0.25, 0.3) is 5.91 Å². The molecule has 8 heteroatoms. The number of likely N-dealkylation sites (N-methyl/N-ethyl adjacent to an activating group) is 1. The van der Waals surface area contributed by atoms with Gasteiger partial charge >= 0.3 is 0 Å². The van der Waals surface area contributed by atoms with Gasteiger partial charge in [0, 0.05) is 23.2 Å². The van der Waals surface area contributed by atoms with E-state index in [0.29, 0.717) is 22.0 Å². The lowest BCUT2D eigenvalue weighted by atomic mass is 9.89. The average molecular weight is 526 g/mol. The number of hydrogen-bond donors (Lipinski definition) is 2. The van der Waals surface area contributed by atoms with E-state index in [9.17, 15) is 14.7 Å². The van der Waals surface area contributed by atoms with Crippen LogP contribution < -0.4 is 10.2 Å². The highest BCUT2D eigenvalue weighted by molar-refractivity contribution is 6.32. The van der Waals surface area contributed by atoms with Crippen molar-refractivity contribution in [3.63, 3.8) is 0 Å². The molecule has 1 aliphatic heterocycles. The van der Waals surface area contributed by atoms with Crippen molar-refractivity contribution in [2.45, 2.75) is 64.3 Å². The zero-order chi connectivity index (χ0) is 26.5. The summed E-state index contributed by atoms with van der Waals surface area (Å²) in [5.74, 6) is -1.73. The van der Waals surface area contributed by atoms with Crippen molar-refractivity contribution < 1.29 is 19.4 Å². The maximum Gasteiger partial charge on any atom is 0.272 e. The number of aliphatic hydroxyl groups excluding tert-OH is 1. The molecule has 1 fully saturated rings. The van der Waals surface area contributed by atoms with Crippen LogP contribution in [0.2, 0.25) is 5.02 Å². The van der Waals surface area contributed by atoms with Crippen molar-refractivity contribution in [2.24, 2.45) is 16.8 Å². The Morgan fingerprint density at radius 2 is 1.86 bits per heavy atom. The number of nitrogens with one attached hydrogen (secondary N) is 1. The Hall–Kier alpha value is -2.74. The Labute approximate surface area is 223 Å². The highest BCUT2D eigenvalue weighted by atomic mass is 35.5. The van der Waals surface area contributed by atoms with E-state index in [-0.39, 0.29) is 24.5 Å². The zero-order valence-electron chi connectivity index (χ0n) is 21.7. The normalized spacial score (nSPS) is 20.2. The van der Waals surface area contributed by atoms with Gasteiger partial charge in [0.2, 0.25) is 12.1 Å². The summed E-state index contributed by atoms with van der Waals surface area (Å²) in [5.41, 5.74) is 2.71. The van der Waals surface area contributed by atoms with Crippen LogP contribution in [-0.4, -0.2) is 54.7 Å². The lowest BCUT2D eigenvalue weighted by molar-refractivity contribution is -0.137. The molecule has 2 N–H and O–H groups in total. The van der Waals surface area contributed by atoms with Crippen molar-refractivity contribution in [1.29, 1.82) is 0 Å². The number of benzene rings is 2. The number of nitrogens with zero attached hydrogens (tertiary/aromatic N) is 2. The molecule has 1 heterocycles. The number of fused-ring (bicyclic) bond motifs is 1. The van der Waals surface area contributed by atoms with E-state index in [1.807, 2.05) is 44.2 Å². The Balaban J connectivity index is 1.60. The molecule has 37 heavy (non-hydrogen) atoms. The molecule has 3 atom stereocenters. The van der Waals surface area contributed by atoms with Gasteiger partial charge in [-0.25, -0.2) is 4.99 Å². The Morgan fingerprint density at radius 1 is 1.16 bits per heavy atom. The van der Waals surface area contributed by atoms with E-state index in [0.717, 1.165) is 31.2 Å². The first kappa shape index (κ1) is 27.3. The molecule has 198 valence electrons. The first-order valence-electron chi connectivity index (χ1n) is 13.1. The van der Waals surface area contributed by atoms with E-state index >= 15 is 0 Å². The highest BCUT2D eigenvalue weighted by Gasteiger charge is 2.36. The zero-order valence-corrected chi connectivity index (χ0v) is 22.4. The molecule has 0 spiro atoms. The van der Waals surface area contributed by atoms with Gasteiger partial charge < -0.3 is 20.1 Å². The van der Waals surface area contributed by atoms with Crippen molar-refractivity contribution >= 4 is 34.8 Å². The minimum absolute atomic E-state index is 0.0852. The fourth-order valence-corrected chi connectivity index (χ4v) is 5.36. The van der Waals surface area contributed by atoms with Crippen molar-refractivity contribution in [3.05, 3.63) is 64.7 Å². The summed E-state index contributed by atoms with van der Waals surface area (Å²) in [4.78, 5) is 33.2. The summed E-state index contributed by atoms with van der Waals surface area (Å²) in [6.45, 7) is 3.85. The van der Waals surface area contributed by atoms with Crippen LogP contribution in [0.5, 0.6) is 0 Å². The standard InChI is InChI=1S/C29H36ClN3O4/c1-18(2)25(24(34)17-37-21-12-8-5-9-13-21)28(35)32-27-29(36)33(3)23-15-14-20(30)16-22(23)26(31-27)19-10-6-4-7-11-19/h4,6-7,10-11,14-16,18,21,24-25,27,34H,5,8-9,12-13,17H2,1-3H3,(H,32,35)/t24-,25+,27?/m0/s1. The molecule has 2 aromatic rings. The molecule has 4 rings (SSSR count). The molecule has 1 unspecified atom stereocenters. The van der Waals surface area contributed by atoms with E-state index < -0.39 is 24.1 Å². The van der Waals surface area contributed by atoms with Crippen molar-refractivity contribution in [2.75, 3.05) is 18.6 Å². The smallest absolute Gasteiger partial charge is 0.272 e. The lowest BCUT2D eigenvalue weighted by Gasteiger charge is -2.29. The van der Waals surface area contributed by atoms with Crippen LogP contribution in [0.3, 0.4) is 0 Å². The molecule has 2 amide bonds. The highest BCUT2D eigenvalue weighted by Crippen LogP contribution is 2.30. The minimum Gasteiger partial charge on any atom is -0.390 e. The maximum atomic E-state index is 13.5. The largest absolute Gasteiger partial charge is 0.390 e. The summed E-state index contributed by atoms with van der Waals surface area (Å²) in [6, 6.07) is 14.8. The van der Waals surface area contributed by atoms with Crippen LogP contribution in [0, 0.1) is 11.8 Å². The van der Waals surface area contributed by atoms with Gasteiger partial charge in [0.1, 0.15) is 0 Å². The molecular weight excluding hydrogens is 490 g/mol. The molecule has 0 bridgehead atoms. The molecule has 1 saturated carbocycles. The molecule has 1 aliphatic carbocycles. The summed E-state index contributed by atoms with van der Waals surface area (Å²) < 4.78 is 5.96. The quantitative estimate of drug-likeness (QED) is 0.528. The molecule has 0 aromatic heterocycles. The van der Waals surface area contributed by atoms with Gasteiger partial charge in [-0.3, -0.25) is 9.59 Å². The number of ether oxygens (including phenoxy) is 1. The van der Waals surface area contributed by atoms with Gasteiger partial charge in [0.05, 0.1) is 36.1 Å². The number of carbonyl (C=O) groups excluding carboxylic acids is 2. The number of carbonyl (C=O) groups is 2. The van der Waals surface area contributed by atoms with E-state index in [1.54, 1.807) is 25.2 Å². The monoisotopic (exact) mass is 525 g/mol. The average Bonchev–Trinajstić information content (AvgIpc) is 2.98. The van der Waals surface area contributed by atoms with Crippen molar-refractivity contribution in [3.8, 4) is 0 Å². The number of aliphatic hydroxyl groups is 1. The van der Waals surface area contributed by atoms with Crippen LogP contribution in [0.25, 0.3) is 0 Å². The van der Waals surface area contributed by atoms with Gasteiger partial charge in [-0.05, 0) is 37.0 Å². The van der Waals surface area contributed by atoms with Crippen LogP contribution in [-0.2, 0) is 14.3 Å². The predicted molar refractivity (Wildman–Crippen MR) is 146 cm³/mol. The number of benzodiazepines with no additional fused rings is 1. The summed E-state index contributed by atoms with van der Waals surface area (Å²) in [6.07, 6.45) is 3.40. The number of hydrogen-bond acceptors (Lipinski definition) is 5. The summed E-state index contributed by atoms with van der Waals surface area (Å²) in [5, 5.41) is 14.3. The van der Waals surface area contributed by atoms with Gasteiger partial charge in [0.15, 0.2) is 0 Å². The fraction of sp³-hybridized carbons (Fsp3) is 0.483. The maximum absolute atomic E-state index is 13.5. The third-order valence-corrected chi connectivity index (χ3v) is 7.45. The molecular formula is C29H36ClN3O4. The minimum atomic E-state index is -1.16. The second kappa shape index (κ2) is 12.2. The summed E-state index contributed by atoms with van der Waals surface area (Å²) >= 11 is 6.32. The number of anilines is 1. The van der Waals surface area contributed by atoms with E-state index in [4.69, 9.17) is 21.3 Å². The topological polar surface area (TPSA) is 91.2 Å². The first-order valence-corrected chi connectivity index (χ1v) is 13.4. The third-order valence-electron chi connectivity index (χ3n) is 7.21. The van der Waals surface area contributed by atoms with Crippen molar-refractivity contribution in [1.82, 2.24) is 5.32 Å². The third kappa shape index (κ3) is 6.40. The first-order chi connectivity index (χ1) is 17.8. The van der Waals surface area contributed by atoms with Crippen LogP contribution >= 0.6 is 11.6 Å². The number of halogens is 1. The molecule has 2 aliphatic rings. The van der Waals surface area contributed by atoms with Gasteiger partial charge in [-0.15, -0.1) is 0 Å². The summed E-state index contributed by atoms with van der Waals surface area (Å²) in [7, 11) is 1.66. The number of rotatable bonds is 8. The van der Waals surface area contributed by atoms with Crippen LogP contribution in [0.15, 0.2) is 53.5 Å². The molecule has 2 aromatic carbocycles. The molecule has 7 nitrogen and oxygen atoms in total. The second-order valence-corrected chi connectivity index (χ2v) is 10.7. The van der Waals surface area contributed by atoms with E-state index in [1.165, 1.54) is 11.3 Å². The van der Waals surface area contributed by atoms with Gasteiger partial charge in [-0.2, -0.15) is 0 Å². The second-order valence-electron chi connectivity index (χ2n) is 10.2. The molecule has 0 radical (unpaired) electrons. The number of amides is 2. The lowest BCUT2D eigenvalue weighted by Crippen LogP contribution is -2.51. The number of aliphatic imine (C=N–C) groups is 1. The van der Waals surface area contributed by atoms with Gasteiger partial charge in [-0.1, -0.05) is 75.0 Å². The Bertz CT molecular complexity index is 1130. The van der Waals surface area contributed by atoms with Crippen LogP contribution in [0.1, 0.15) is 57.1 Å². The predicted octanol–water partition coefficient (Wildman–Crippen LogP) is 4.58. The van der Waals surface area contributed by atoms with Crippen LogP contribution in [0.4, 0.5) is 5.69 Å².